The highest BCUT2D eigenvalue weighted by Crippen LogP contribution is 2.28. The Hall–Kier alpha value is -2.38. The number of aromatic nitrogens is 2. The Balaban J connectivity index is 2.08. The van der Waals surface area contributed by atoms with Gasteiger partial charge in [-0.15, -0.1) is 0 Å². The van der Waals surface area contributed by atoms with E-state index in [1.165, 1.54) is 19.1 Å². The Kier molecular flexibility index (Phi) is 6.17. The Bertz CT molecular complexity index is 721. The maximum atomic E-state index is 10.9. The fourth-order valence-electron chi connectivity index (χ4n) is 2.21. The Morgan fingerprint density at radius 3 is 2.60 bits per heavy atom. The maximum absolute atomic E-state index is 10.9. The Morgan fingerprint density at radius 2 is 2.00 bits per heavy atom. The van der Waals surface area contributed by atoms with E-state index in [4.69, 9.17) is 14.9 Å². The van der Waals surface area contributed by atoms with E-state index in [-0.39, 0.29) is 23.3 Å². The van der Waals surface area contributed by atoms with Gasteiger partial charge in [0, 0.05) is 12.6 Å². The molecule has 0 aliphatic carbocycles. The van der Waals surface area contributed by atoms with Crippen LogP contribution in [0.25, 0.3) is 11.0 Å². The molecule has 0 radical (unpaired) electrons. The number of benzene rings is 1. The number of nitro benzene ring substituents is 1. The highest BCUT2D eigenvalue weighted by Gasteiger charge is 2.28. The molecular weight excluding hydrogens is 340 g/mol. The van der Waals surface area contributed by atoms with Crippen molar-refractivity contribution in [1.29, 1.82) is 0 Å². The molecule has 2 rings (SSSR count). The molecule has 12 heteroatoms. The first-order chi connectivity index (χ1) is 11.8. The number of hydrogen-bond acceptors (Lipinski definition) is 11. The van der Waals surface area contributed by atoms with Gasteiger partial charge < -0.3 is 30.5 Å². The second-order valence-electron chi connectivity index (χ2n) is 5.25. The van der Waals surface area contributed by atoms with Crippen LogP contribution in [0.15, 0.2) is 16.8 Å². The second-order valence-corrected chi connectivity index (χ2v) is 5.25. The third-order valence-corrected chi connectivity index (χ3v) is 3.42. The number of hydrogen-bond donors (Lipinski definition) is 5. The summed E-state index contributed by atoms with van der Waals surface area (Å²) in [6, 6.07) is 2.56. The number of aliphatic hydroxyl groups is 4. The van der Waals surface area contributed by atoms with Gasteiger partial charge in [0.05, 0.1) is 23.3 Å². The molecule has 0 fully saturated rings. The minimum absolute atomic E-state index is 0.0595. The first-order valence-corrected chi connectivity index (χ1v) is 7.29. The van der Waals surface area contributed by atoms with E-state index in [1.54, 1.807) is 0 Å². The quantitative estimate of drug-likeness (QED) is 0.210. The summed E-state index contributed by atoms with van der Waals surface area (Å²) in [7, 11) is 0. The average molecular weight is 358 g/mol. The van der Waals surface area contributed by atoms with Gasteiger partial charge >= 0.3 is 5.69 Å². The topological polar surface area (TPSA) is 184 Å². The predicted octanol–water partition coefficient (Wildman–Crippen LogP) is -1.02. The predicted molar refractivity (Wildman–Crippen MR) is 82.6 cm³/mol. The minimum Gasteiger partial charge on any atom is -0.394 e. The number of nitrogens with zero attached hydrogens (tertiary/aromatic N) is 3. The summed E-state index contributed by atoms with van der Waals surface area (Å²) < 4.78 is 9.40. The molecule has 1 aromatic heterocycles. The molecule has 0 aliphatic rings. The highest BCUT2D eigenvalue weighted by atomic mass is 16.6. The van der Waals surface area contributed by atoms with Crippen LogP contribution in [-0.4, -0.2) is 73.4 Å². The van der Waals surface area contributed by atoms with Gasteiger partial charge in [0.1, 0.15) is 12.2 Å². The van der Waals surface area contributed by atoms with Crippen LogP contribution in [0, 0.1) is 10.1 Å². The third-order valence-electron chi connectivity index (χ3n) is 3.42. The molecule has 1 heterocycles. The summed E-state index contributed by atoms with van der Waals surface area (Å²) in [5, 5.41) is 59.0. The molecule has 4 atom stereocenters. The van der Waals surface area contributed by atoms with Crippen LogP contribution in [0.3, 0.4) is 0 Å². The Labute approximate surface area is 140 Å². The van der Waals surface area contributed by atoms with Crippen molar-refractivity contribution in [2.24, 2.45) is 0 Å². The fourth-order valence-corrected chi connectivity index (χ4v) is 2.21. The fraction of sp³-hybridized carbons (Fsp3) is 0.538. The lowest BCUT2D eigenvalue weighted by Crippen LogP contribution is -2.45. The van der Waals surface area contributed by atoms with E-state index in [0.29, 0.717) is 5.69 Å². The molecule has 0 amide bonds. The molecule has 0 saturated carbocycles. The minimum atomic E-state index is -1.49. The van der Waals surface area contributed by atoms with Crippen molar-refractivity contribution in [2.45, 2.75) is 31.5 Å². The first-order valence-electron chi connectivity index (χ1n) is 7.29. The van der Waals surface area contributed by atoms with Gasteiger partial charge in [-0.2, -0.15) is 0 Å². The molecule has 0 aliphatic heterocycles. The number of nitro groups is 1. The number of anilines is 1. The van der Waals surface area contributed by atoms with Crippen molar-refractivity contribution in [3.8, 4) is 0 Å². The zero-order chi connectivity index (χ0) is 18.6. The molecular formula is C13H18N4O8. The van der Waals surface area contributed by atoms with E-state index in [9.17, 15) is 20.3 Å². The summed E-state index contributed by atoms with van der Waals surface area (Å²) in [6.07, 6.45) is -5.29. The second kappa shape index (κ2) is 8.13. The van der Waals surface area contributed by atoms with Gasteiger partial charge in [-0.1, -0.05) is 0 Å². The van der Waals surface area contributed by atoms with Gasteiger partial charge in [0.15, 0.2) is 11.8 Å². The van der Waals surface area contributed by atoms with Crippen LogP contribution in [0.5, 0.6) is 0 Å². The molecule has 138 valence electrons. The molecule has 0 spiro atoms. The number of non-ortho nitro benzene ring substituents is 1. The zero-order valence-corrected chi connectivity index (χ0v) is 13.1. The lowest BCUT2D eigenvalue weighted by atomic mass is 10.1. The molecule has 12 nitrogen and oxygen atoms in total. The lowest BCUT2D eigenvalue weighted by molar-refractivity contribution is -0.383. The van der Waals surface area contributed by atoms with Crippen LogP contribution in [0.1, 0.15) is 6.92 Å². The van der Waals surface area contributed by atoms with Gasteiger partial charge in [-0.3, -0.25) is 10.1 Å². The number of aliphatic hydroxyl groups excluding tert-OH is 4. The summed E-state index contributed by atoms with van der Waals surface area (Å²) in [5.41, 5.74) is 0.0451. The normalized spacial score (nSPS) is 16.4. The maximum Gasteiger partial charge on any atom is 0.300 e. The molecule has 0 saturated heterocycles. The van der Waals surface area contributed by atoms with E-state index in [2.05, 4.69) is 20.3 Å². The summed E-state index contributed by atoms with van der Waals surface area (Å²) in [4.78, 5) is 10.3. The van der Waals surface area contributed by atoms with Crippen molar-refractivity contribution >= 4 is 22.4 Å². The lowest BCUT2D eigenvalue weighted by Gasteiger charge is -2.26. The first kappa shape index (κ1) is 19.0. The van der Waals surface area contributed by atoms with Crippen LogP contribution in [0.4, 0.5) is 11.4 Å². The molecule has 0 bridgehead atoms. The van der Waals surface area contributed by atoms with E-state index >= 15 is 0 Å². The van der Waals surface area contributed by atoms with E-state index in [0.717, 1.165) is 0 Å². The van der Waals surface area contributed by atoms with Crippen molar-refractivity contribution in [3.05, 3.63) is 22.2 Å². The SMILES string of the molecule is CC(O)OC(CO)[C@H](O)C(O)CNc1ccc([N+](=O)[O-])c2nonc12. The monoisotopic (exact) mass is 358 g/mol. The van der Waals surface area contributed by atoms with E-state index < -0.39 is 36.1 Å². The van der Waals surface area contributed by atoms with Gasteiger partial charge in [-0.25, -0.2) is 4.63 Å². The Morgan fingerprint density at radius 1 is 1.32 bits per heavy atom. The summed E-state index contributed by atoms with van der Waals surface area (Å²) in [6.45, 7) is 0.490. The largest absolute Gasteiger partial charge is 0.394 e. The molecule has 25 heavy (non-hydrogen) atoms. The van der Waals surface area contributed by atoms with Gasteiger partial charge in [0.2, 0.25) is 5.52 Å². The van der Waals surface area contributed by atoms with Gasteiger partial charge in [0.25, 0.3) is 0 Å². The van der Waals surface area contributed by atoms with Gasteiger partial charge in [-0.05, 0) is 23.3 Å². The highest BCUT2D eigenvalue weighted by molar-refractivity contribution is 5.93. The number of ether oxygens (including phenoxy) is 1. The third kappa shape index (κ3) is 4.37. The van der Waals surface area contributed by atoms with Crippen molar-refractivity contribution < 1.29 is 34.7 Å². The van der Waals surface area contributed by atoms with Crippen molar-refractivity contribution in [3.63, 3.8) is 0 Å². The molecule has 5 N–H and O–H groups in total. The van der Waals surface area contributed by atoms with Crippen LogP contribution in [-0.2, 0) is 4.74 Å². The van der Waals surface area contributed by atoms with Crippen LogP contribution >= 0.6 is 0 Å². The number of rotatable bonds is 9. The van der Waals surface area contributed by atoms with Crippen LogP contribution < -0.4 is 5.32 Å². The van der Waals surface area contributed by atoms with E-state index in [1.807, 2.05) is 0 Å². The standard InChI is InChI=1S/C13H18N4O8/c1-6(19)24-10(5-18)13(21)9(20)4-14-7-2-3-8(17(22)23)12-11(7)15-25-16-12/h2-3,6,9-10,13-14,18-21H,4-5H2,1H3/t6?,9?,10?,13-/m1/s1. The zero-order valence-electron chi connectivity index (χ0n) is 13.1. The average Bonchev–Trinajstić information content (AvgIpc) is 3.05. The molecule has 2 aromatic rings. The molecule has 3 unspecified atom stereocenters. The van der Waals surface area contributed by atoms with Crippen LogP contribution in [0.2, 0.25) is 0 Å². The number of fused-ring (bicyclic) bond motifs is 1. The summed E-state index contributed by atoms with van der Waals surface area (Å²) >= 11 is 0. The molecule has 1 aromatic carbocycles. The number of nitrogens with one attached hydrogen (secondary N) is 1. The van der Waals surface area contributed by atoms with Crippen molar-refractivity contribution in [1.82, 2.24) is 10.3 Å². The van der Waals surface area contributed by atoms with Crippen molar-refractivity contribution in [2.75, 3.05) is 18.5 Å². The summed E-state index contributed by atoms with van der Waals surface area (Å²) in [5.74, 6) is 0. The smallest absolute Gasteiger partial charge is 0.300 e.